The van der Waals surface area contributed by atoms with E-state index in [1.54, 1.807) is 0 Å². The lowest BCUT2D eigenvalue weighted by Crippen LogP contribution is -2.07. The maximum absolute atomic E-state index is 11.6. The van der Waals surface area contributed by atoms with Crippen LogP contribution in [0.4, 0.5) is 28.4 Å². The molecule has 0 radical (unpaired) electrons. The number of nitro groups is 3. The summed E-state index contributed by atoms with van der Waals surface area (Å²) in [5, 5.41) is 36.0. The van der Waals surface area contributed by atoms with E-state index in [-0.39, 0.29) is 21.4 Å². The van der Waals surface area contributed by atoms with Gasteiger partial charge in [0.15, 0.2) is 5.69 Å². The molecule has 2 aromatic carbocycles. The summed E-state index contributed by atoms with van der Waals surface area (Å²) in [7, 11) is 1.03. The van der Waals surface area contributed by atoms with Crippen molar-refractivity contribution in [3.8, 4) is 0 Å². The molecule has 0 aliphatic heterocycles. The molecule has 13 heteroatoms. The molecule has 27 heavy (non-hydrogen) atoms. The lowest BCUT2D eigenvalue weighted by molar-refractivity contribution is -0.392. The van der Waals surface area contributed by atoms with Crippen molar-refractivity contribution in [2.45, 2.75) is 0 Å². The van der Waals surface area contributed by atoms with Crippen LogP contribution in [0.2, 0.25) is 0 Å². The fraction of sp³-hybridized carbons (Fsp3) is 0.0714. The molecule has 140 valence electrons. The van der Waals surface area contributed by atoms with Gasteiger partial charge in [0.1, 0.15) is 0 Å². The van der Waals surface area contributed by atoms with Gasteiger partial charge in [-0.05, 0) is 22.0 Å². The largest absolute Gasteiger partial charge is 0.465 e. The van der Waals surface area contributed by atoms with Crippen molar-refractivity contribution < 1.29 is 24.3 Å². The number of nitrogens with zero attached hydrogens (tertiary/aromatic N) is 3. The summed E-state index contributed by atoms with van der Waals surface area (Å²) in [5.74, 6) is -0.982. The number of carbonyl (C=O) groups excluding carboxylic acids is 1. The first-order valence-electron chi connectivity index (χ1n) is 6.91. The SMILES string of the molecule is COC(=O)c1cc([N+](=O)[O-])c(Nc2ccc([N+](=O)[O-])cc2Br)c([N+](=O)[O-])c1. The van der Waals surface area contributed by atoms with Gasteiger partial charge in [0.2, 0.25) is 0 Å². The predicted octanol–water partition coefficient (Wildman–Crippen LogP) is 3.70. The monoisotopic (exact) mass is 440 g/mol. The molecule has 0 amide bonds. The number of non-ortho nitro benzene ring substituents is 1. The number of hydrogen-bond donors (Lipinski definition) is 1. The molecule has 0 aliphatic carbocycles. The van der Waals surface area contributed by atoms with Gasteiger partial charge < -0.3 is 10.1 Å². The summed E-state index contributed by atoms with van der Waals surface area (Å²) in [6.45, 7) is 0. The van der Waals surface area contributed by atoms with Crippen LogP contribution in [0.3, 0.4) is 0 Å². The van der Waals surface area contributed by atoms with Gasteiger partial charge in [-0.3, -0.25) is 30.3 Å². The van der Waals surface area contributed by atoms with Gasteiger partial charge in [0.05, 0.1) is 33.1 Å². The number of anilines is 2. The number of esters is 1. The first-order chi connectivity index (χ1) is 12.6. The average molecular weight is 441 g/mol. The minimum absolute atomic E-state index is 0.109. The number of rotatable bonds is 6. The highest BCUT2D eigenvalue weighted by Gasteiger charge is 2.29. The molecule has 0 saturated carbocycles. The first kappa shape index (κ1) is 19.7. The van der Waals surface area contributed by atoms with E-state index >= 15 is 0 Å². The molecule has 0 spiro atoms. The Morgan fingerprint density at radius 2 is 1.56 bits per heavy atom. The van der Waals surface area contributed by atoms with E-state index in [9.17, 15) is 35.1 Å². The Hall–Kier alpha value is -3.61. The first-order valence-corrected chi connectivity index (χ1v) is 7.71. The Bertz CT molecular complexity index is 943. The van der Waals surface area contributed by atoms with Gasteiger partial charge in [0, 0.05) is 28.7 Å². The molecule has 0 aromatic heterocycles. The number of halogens is 1. The number of hydrogen-bond acceptors (Lipinski definition) is 9. The Morgan fingerprint density at radius 1 is 1.00 bits per heavy atom. The minimum atomic E-state index is -0.982. The molecule has 12 nitrogen and oxygen atoms in total. The lowest BCUT2D eigenvalue weighted by Gasteiger charge is -2.10. The zero-order valence-electron chi connectivity index (χ0n) is 13.4. The van der Waals surface area contributed by atoms with E-state index in [0.29, 0.717) is 0 Å². The van der Waals surface area contributed by atoms with Crippen LogP contribution in [0.5, 0.6) is 0 Å². The predicted molar refractivity (Wildman–Crippen MR) is 95.2 cm³/mol. The second kappa shape index (κ2) is 7.74. The van der Waals surface area contributed by atoms with Crippen LogP contribution in [0.1, 0.15) is 10.4 Å². The van der Waals surface area contributed by atoms with Gasteiger partial charge in [-0.25, -0.2) is 4.79 Å². The van der Waals surface area contributed by atoms with E-state index in [2.05, 4.69) is 26.0 Å². The molecular formula is C14H9BrN4O8. The van der Waals surface area contributed by atoms with Crippen LogP contribution in [-0.2, 0) is 4.74 Å². The van der Waals surface area contributed by atoms with Crippen LogP contribution in [0.25, 0.3) is 0 Å². The fourth-order valence-corrected chi connectivity index (χ4v) is 2.58. The molecule has 0 fully saturated rings. The minimum Gasteiger partial charge on any atom is -0.465 e. The van der Waals surface area contributed by atoms with Crippen molar-refractivity contribution in [3.63, 3.8) is 0 Å². The molecule has 0 saturated heterocycles. The van der Waals surface area contributed by atoms with E-state index in [1.165, 1.54) is 6.07 Å². The molecule has 2 rings (SSSR count). The molecule has 0 heterocycles. The highest BCUT2D eigenvalue weighted by Crippen LogP contribution is 2.40. The summed E-state index contributed by atoms with van der Waals surface area (Å²) in [6, 6.07) is 5.14. The summed E-state index contributed by atoms with van der Waals surface area (Å²) < 4.78 is 4.59. The Kier molecular flexibility index (Phi) is 5.65. The second-order valence-electron chi connectivity index (χ2n) is 4.94. The normalized spacial score (nSPS) is 10.1. The van der Waals surface area contributed by atoms with Crippen molar-refractivity contribution in [1.29, 1.82) is 0 Å². The summed E-state index contributed by atoms with van der Waals surface area (Å²) >= 11 is 3.06. The van der Waals surface area contributed by atoms with Gasteiger partial charge >= 0.3 is 17.3 Å². The smallest absolute Gasteiger partial charge is 0.338 e. The highest BCUT2D eigenvalue weighted by atomic mass is 79.9. The van der Waals surface area contributed by atoms with Gasteiger partial charge in [-0.15, -0.1) is 0 Å². The summed E-state index contributed by atoms with van der Waals surface area (Å²) in [5.41, 5.74) is -2.49. The van der Waals surface area contributed by atoms with Crippen LogP contribution in [-0.4, -0.2) is 27.8 Å². The van der Waals surface area contributed by atoms with Crippen molar-refractivity contribution in [1.82, 2.24) is 0 Å². The van der Waals surface area contributed by atoms with Crippen molar-refractivity contribution in [2.75, 3.05) is 12.4 Å². The van der Waals surface area contributed by atoms with E-state index < -0.39 is 37.8 Å². The molecule has 0 atom stereocenters. The van der Waals surface area contributed by atoms with Crippen molar-refractivity contribution >= 4 is 50.3 Å². The third kappa shape index (κ3) is 4.14. The van der Waals surface area contributed by atoms with Crippen LogP contribution >= 0.6 is 15.9 Å². The van der Waals surface area contributed by atoms with Crippen LogP contribution < -0.4 is 5.32 Å². The highest BCUT2D eigenvalue weighted by molar-refractivity contribution is 9.10. The maximum Gasteiger partial charge on any atom is 0.338 e. The van der Waals surface area contributed by atoms with E-state index in [4.69, 9.17) is 0 Å². The Morgan fingerprint density at radius 3 is 1.96 bits per heavy atom. The zero-order valence-corrected chi connectivity index (χ0v) is 15.0. The molecule has 0 aliphatic rings. The molecule has 0 unspecified atom stereocenters. The molecular weight excluding hydrogens is 432 g/mol. The summed E-state index contributed by atoms with van der Waals surface area (Å²) in [6.07, 6.45) is 0. The number of carbonyl (C=O) groups is 1. The topological polar surface area (TPSA) is 168 Å². The van der Waals surface area contributed by atoms with Crippen LogP contribution in [0, 0.1) is 30.3 Å². The number of nitro benzene ring substituents is 3. The van der Waals surface area contributed by atoms with Crippen LogP contribution in [0.15, 0.2) is 34.8 Å². The molecule has 0 bridgehead atoms. The molecule has 1 N–H and O–H groups in total. The van der Waals surface area contributed by atoms with Crippen molar-refractivity contribution in [3.05, 3.63) is 70.7 Å². The van der Waals surface area contributed by atoms with E-state index in [1.807, 2.05) is 0 Å². The number of nitrogens with one attached hydrogen (secondary N) is 1. The standard InChI is InChI=1S/C14H9BrN4O8/c1-27-14(20)7-4-11(18(23)24)13(12(5-7)19(25)26)16-10-3-2-8(17(21)22)6-9(10)15/h2-6,16H,1H3. The quantitative estimate of drug-likeness (QED) is 0.399. The number of benzene rings is 2. The lowest BCUT2D eigenvalue weighted by atomic mass is 10.1. The fourth-order valence-electron chi connectivity index (χ4n) is 2.12. The zero-order chi connectivity index (χ0) is 20.3. The second-order valence-corrected chi connectivity index (χ2v) is 5.80. The molecule has 2 aromatic rings. The Balaban J connectivity index is 2.64. The summed E-state index contributed by atoms with van der Waals surface area (Å²) in [4.78, 5) is 42.7. The van der Waals surface area contributed by atoms with E-state index in [0.717, 1.165) is 31.4 Å². The number of ether oxygens (including phenoxy) is 1. The van der Waals surface area contributed by atoms with Crippen molar-refractivity contribution in [2.24, 2.45) is 0 Å². The van der Waals surface area contributed by atoms with Gasteiger partial charge in [0.25, 0.3) is 5.69 Å². The third-order valence-electron chi connectivity index (χ3n) is 3.33. The number of methoxy groups -OCH3 is 1. The van der Waals surface area contributed by atoms with Gasteiger partial charge in [-0.2, -0.15) is 0 Å². The van der Waals surface area contributed by atoms with Gasteiger partial charge in [-0.1, -0.05) is 0 Å². The Labute approximate surface area is 158 Å². The maximum atomic E-state index is 11.6. The third-order valence-corrected chi connectivity index (χ3v) is 3.99. The average Bonchev–Trinajstić information content (AvgIpc) is 2.61.